The second-order valence-corrected chi connectivity index (χ2v) is 18.3. The monoisotopic (exact) mass is 876 g/mol. The minimum atomic E-state index is -0.843. The SMILES string of the molecule is CC/C=C\C/C=C\C/C=C\C/C=C\C/C=C\C/C=C\CCCCCCCCCCCCCCCCC(=O)NC(CO)C(O)/C=C/CCCCCCCCCCCCCCCCCC. The number of nitrogens with one attached hydrogen (secondary N) is 1. The lowest BCUT2D eigenvalue weighted by Crippen LogP contribution is -2.45. The van der Waals surface area contributed by atoms with Gasteiger partial charge < -0.3 is 15.5 Å². The Kier molecular flexibility index (Phi) is 51.8. The summed E-state index contributed by atoms with van der Waals surface area (Å²) in [4.78, 5) is 12.5. The Balaban J connectivity index is 3.53. The van der Waals surface area contributed by atoms with E-state index in [1.54, 1.807) is 6.08 Å². The fraction of sp³-hybridized carbons (Fsp3) is 0.746. The summed E-state index contributed by atoms with van der Waals surface area (Å²) in [6.07, 6.45) is 78.7. The zero-order valence-electron chi connectivity index (χ0n) is 41.8. The lowest BCUT2D eigenvalue weighted by atomic mass is 10.0. The van der Waals surface area contributed by atoms with Gasteiger partial charge in [0.2, 0.25) is 5.91 Å². The molecule has 4 nitrogen and oxygen atoms in total. The van der Waals surface area contributed by atoms with Crippen molar-refractivity contribution in [3.05, 3.63) is 85.1 Å². The molecule has 0 aromatic carbocycles. The van der Waals surface area contributed by atoms with E-state index in [1.807, 2.05) is 6.08 Å². The summed E-state index contributed by atoms with van der Waals surface area (Å²) >= 11 is 0. The molecule has 0 spiro atoms. The van der Waals surface area contributed by atoms with Crippen molar-refractivity contribution >= 4 is 5.91 Å². The first-order chi connectivity index (χ1) is 31.2. The van der Waals surface area contributed by atoms with Crippen LogP contribution in [0.2, 0.25) is 0 Å². The number of aliphatic hydroxyl groups excluding tert-OH is 2. The number of carbonyl (C=O) groups excluding carboxylic acids is 1. The van der Waals surface area contributed by atoms with E-state index in [2.05, 4.69) is 92.1 Å². The van der Waals surface area contributed by atoms with Crippen LogP contribution in [-0.2, 0) is 4.79 Å². The minimum absolute atomic E-state index is 0.0656. The molecule has 1 amide bonds. The summed E-state index contributed by atoms with van der Waals surface area (Å²) in [6, 6.07) is -0.626. The highest BCUT2D eigenvalue weighted by Crippen LogP contribution is 2.16. The summed E-state index contributed by atoms with van der Waals surface area (Å²) in [6.45, 7) is 4.21. The molecule has 0 aromatic heterocycles. The standard InChI is InChI=1S/C59H105NO3/c1-3-5-7-9-11-13-15-17-19-21-23-24-25-26-27-28-29-30-31-32-33-34-35-36-37-39-41-43-45-47-49-51-53-55-59(63)60-57(56-61)58(62)54-52-50-48-46-44-42-40-38-22-20-18-16-14-12-10-8-6-4-2/h5,7,11,13,17,19,23-24,26-27,29-30,52,54,57-58,61-62H,3-4,6,8-10,12,14-16,18,20-22,25,28,31-51,53,55-56H2,1-2H3,(H,60,63)/b7-5-,13-11-,19-17-,24-23-,27-26-,30-29-,54-52+. The molecular formula is C59H105NO3. The molecule has 0 bridgehead atoms. The van der Waals surface area contributed by atoms with Gasteiger partial charge in [0.25, 0.3) is 0 Å². The molecule has 0 saturated carbocycles. The highest BCUT2D eigenvalue weighted by molar-refractivity contribution is 5.76. The Morgan fingerprint density at radius 1 is 0.397 bits per heavy atom. The number of hydrogen-bond acceptors (Lipinski definition) is 3. The Labute approximate surface area is 392 Å². The Hall–Kier alpha value is -2.43. The first-order valence-electron chi connectivity index (χ1n) is 27.3. The lowest BCUT2D eigenvalue weighted by Gasteiger charge is -2.20. The minimum Gasteiger partial charge on any atom is -0.394 e. The third-order valence-corrected chi connectivity index (χ3v) is 12.1. The summed E-state index contributed by atoms with van der Waals surface area (Å²) in [7, 11) is 0. The van der Waals surface area contributed by atoms with Crippen LogP contribution in [0.25, 0.3) is 0 Å². The van der Waals surface area contributed by atoms with Gasteiger partial charge in [0, 0.05) is 6.42 Å². The Bertz CT molecular complexity index is 1130. The van der Waals surface area contributed by atoms with Gasteiger partial charge in [-0.15, -0.1) is 0 Å². The van der Waals surface area contributed by atoms with Crippen molar-refractivity contribution in [2.75, 3.05) is 6.61 Å². The molecule has 0 aliphatic rings. The zero-order valence-corrected chi connectivity index (χ0v) is 41.8. The average molecular weight is 876 g/mol. The maximum atomic E-state index is 12.5. The molecule has 0 radical (unpaired) electrons. The fourth-order valence-corrected chi connectivity index (χ4v) is 8.01. The largest absolute Gasteiger partial charge is 0.394 e. The van der Waals surface area contributed by atoms with E-state index in [9.17, 15) is 15.0 Å². The molecule has 2 atom stereocenters. The van der Waals surface area contributed by atoms with E-state index in [0.29, 0.717) is 6.42 Å². The molecule has 2 unspecified atom stereocenters. The van der Waals surface area contributed by atoms with Crippen LogP contribution in [0.5, 0.6) is 0 Å². The molecular weight excluding hydrogens is 771 g/mol. The Morgan fingerprint density at radius 3 is 1.05 bits per heavy atom. The molecule has 63 heavy (non-hydrogen) atoms. The topological polar surface area (TPSA) is 69.6 Å². The van der Waals surface area contributed by atoms with Gasteiger partial charge in [-0.1, -0.05) is 272 Å². The molecule has 0 fully saturated rings. The number of allylic oxidation sites excluding steroid dienone is 13. The smallest absolute Gasteiger partial charge is 0.220 e. The van der Waals surface area contributed by atoms with Gasteiger partial charge in [-0.2, -0.15) is 0 Å². The molecule has 3 N–H and O–H groups in total. The van der Waals surface area contributed by atoms with Crippen LogP contribution >= 0.6 is 0 Å². The van der Waals surface area contributed by atoms with Crippen LogP contribution in [0.4, 0.5) is 0 Å². The van der Waals surface area contributed by atoms with Gasteiger partial charge in [-0.3, -0.25) is 4.79 Å². The second kappa shape index (κ2) is 53.9. The summed E-state index contributed by atoms with van der Waals surface area (Å²) in [5, 5.41) is 23.1. The second-order valence-electron chi connectivity index (χ2n) is 18.3. The van der Waals surface area contributed by atoms with Gasteiger partial charge in [-0.25, -0.2) is 0 Å². The van der Waals surface area contributed by atoms with Gasteiger partial charge in [0.05, 0.1) is 18.8 Å². The number of unbranched alkanes of at least 4 members (excludes halogenated alkanes) is 30. The van der Waals surface area contributed by atoms with Gasteiger partial charge >= 0.3 is 0 Å². The van der Waals surface area contributed by atoms with Crippen LogP contribution in [0.3, 0.4) is 0 Å². The van der Waals surface area contributed by atoms with Gasteiger partial charge in [0.15, 0.2) is 0 Å². The van der Waals surface area contributed by atoms with E-state index < -0.39 is 12.1 Å². The molecule has 0 rings (SSSR count). The quantitative estimate of drug-likeness (QED) is 0.0421. The normalized spacial score (nSPS) is 13.5. The lowest BCUT2D eigenvalue weighted by molar-refractivity contribution is -0.123. The molecule has 4 heteroatoms. The highest BCUT2D eigenvalue weighted by atomic mass is 16.3. The predicted octanol–water partition coefficient (Wildman–Crippen LogP) is 18.0. The highest BCUT2D eigenvalue weighted by Gasteiger charge is 2.18. The number of rotatable bonds is 49. The van der Waals surface area contributed by atoms with Crippen LogP contribution in [-0.4, -0.2) is 34.9 Å². The third kappa shape index (κ3) is 50.4. The molecule has 0 aliphatic heterocycles. The maximum Gasteiger partial charge on any atom is 0.220 e. The van der Waals surface area contributed by atoms with Crippen LogP contribution in [0, 0.1) is 0 Å². The van der Waals surface area contributed by atoms with Crippen molar-refractivity contribution in [1.82, 2.24) is 5.32 Å². The van der Waals surface area contributed by atoms with Gasteiger partial charge in [0.1, 0.15) is 0 Å². The van der Waals surface area contributed by atoms with Crippen molar-refractivity contribution in [1.29, 1.82) is 0 Å². The number of amides is 1. The van der Waals surface area contributed by atoms with E-state index in [4.69, 9.17) is 0 Å². The molecule has 364 valence electrons. The van der Waals surface area contributed by atoms with Crippen LogP contribution < -0.4 is 5.32 Å². The molecule has 0 saturated heterocycles. The molecule has 0 aromatic rings. The maximum absolute atomic E-state index is 12.5. The van der Waals surface area contributed by atoms with Crippen molar-refractivity contribution in [2.45, 2.75) is 276 Å². The van der Waals surface area contributed by atoms with Crippen LogP contribution in [0.15, 0.2) is 85.1 Å². The number of carbonyl (C=O) groups is 1. The van der Waals surface area contributed by atoms with E-state index in [1.165, 1.54) is 180 Å². The molecule has 0 heterocycles. The number of hydrogen-bond donors (Lipinski definition) is 3. The fourth-order valence-electron chi connectivity index (χ4n) is 8.01. The van der Waals surface area contributed by atoms with E-state index in [0.717, 1.165) is 64.2 Å². The third-order valence-electron chi connectivity index (χ3n) is 12.1. The van der Waals surface area contributed by atoms with Gasteiger partial charge in [-0.05, 0) is 70.6 Å². The summed E-state index contributed by atoms with van der Waals surface area (Å²) in [5.41, 5.74) is 0. The van der Waals surface area contributed by atoms with Crippen molar-refractivity contribution in [3.63, 3.8) is 0 Å². The first-order valence-corrected chi connectivity index (χ1v) is 27.3. The van der Waals surface area contributed by atoms with Crippen LogP contribution in [0.1, 0.15) is 264 Å². The van der Waals surface area contributed by atoms with Crippen molar-refractivity contribution in [2.24, 2.45) is 0 Å². The van der Waals surface area contributed by atoms with E-state index in [-0.39, 0.29) is 12.5 Å². The molecule has 0 aliphatic carbocycles. The summed E-state index contributed by atoms with van der Waals surface area (Å²) < 4.78 is 0. The zero-order chi connectivity index (χ0) is 45.6. The van der Waals surface area contributed by atoms with Crippen molar-refractivity contribution < 1.29 is 15.0 Å². The number of aliphatic hydroxyl groups is 2. The summed E-state index contributed by atoms with van der Waals surface area (Å²) in [5.74, 6) is -0.0656. The van der Waals surface area contributed by atoms with E-state index >= 15 is 0 Å². The average Bonchev–Trinajstić information content (AvgIpc) is 3.29. The Morgan fingerprint density at radius 2 is 0.698 bits per heavy atom. The predicted molar refractivity (Wildman–Crippen MR) is 280 cm³/mol. The van der Waals surface area contributed by atoms with Crippen molar-refractivity contribution in [3.8, 4) is 0 Å². The first kappa shape index (κ1) is 60.6.